The highest BCUT2D eigenvalue weighted by atomic mass is 19.4. The number of pyridine rings is 1. The molecule has 3 heterocycles. The summed E-state index contributed by atoms with van der Waals surface area (Å²) in [4.78, 5) is 8.77. The van der Waals surface area contributed by atoms with E-state index in [1.807, 2.05) is 13.0 Å². The number of aromatic amines is 1. The average molecular weight is 413 g/mol. The first-order valence-electron chi connectivity index (χ1n) is 9.10. The van der Waals surface area contributed by atoms with Gasteiger partial charge in [0.2, 0.25) is 0 Å². The Morgan fingerprint density at radius 1 is 1.07 bits per heavy atom. The van der Waals surface area contributed by atoms with Crippen LogP contribution in [0.3, 0.4) is 0 Å². The van der Waals surface area contributed by atoms with Crippen LogP contribution in [0.4, 0.5) is 26.3 Å². The zero-order chi connectivity index (χ0) is 21.0. The molecule has 2 aromatic heterocycles. The topological polar surface area (TPSA) is 31.9 Å². The van der Waals surface area contributed by atoms with Crippen molar-refractivity contribution >= 4 is 27.4 Å². The fourth-order valence-corrected chi connectivity index (χ4v) is 3.67. The molecule has 0 radical (unpaired) electrons. The number of hydrogen-bond acceptors (Lipinski definition) is 2. The molecule has 29 heavy (non-hydrogen) atoms. The van der Waals surface area contributed by atoms with Gasteiger partial charge in [0.15, 0.2) is 0 Å². The predicted molar refractivity (Wildman–Crippen MR) is 98.3 cm³/mol. The Balaban J connectivity index is 1.93. The summed E-state index contributed by atoms with van der Waals surface area (Å²) >= 11 is 0. The van der Waals surface area contributed by atoms with Gasteiger partial charge in [-0.3, -0.25) is 4.90 Å². The molecule has 4 rings (SSSR count). The highest BCUT2D eigenvalue weighted by Gasteiger charge is 2.39. The third kappa shape index (κ3) is 3.59. The number of benzene rings is 1. The Morgan fingerprint density at radius 3 is 2.41 bits per heavy atom. The van der Waals surface area contributed by atoms with Gasteiger partial charge in [-0.1, -0.05) is 25.1 Å². The number of aromatic nitrogens is 2. The molecule has 1 aromatic carbocycles. The maximum absolute atomic E-state index is 13.4. The molecule has 9 heteroatoms. The van der Waals surface area contributed by atoms with Gasteiger partial charge in [0.1, 0.15) is 5.69 Å². The zero-order valence-corrected chi connectivity index (χ0v) is 15.4. The molecule has 0 saturated carbocycles. The van der Waals surface area contributed by atoms with Crippen LogP contribution in [0.2, 0.25) is 0 Å². The third-order valence-electron chi connectivity index (χ3n) is 5.25. The number of nitrogens with one attached hydrogen (secondary N) is 1. The minimum Gasteiger partial charge on any atom is -0.349 e. The summed E-state index contributed by atoms with van der Waals surface area (Å²) in [6.45, 7) is 4.51. The van der Waals surface area contributed by atoms with Crippen molar-refractivity contribution < 1.29 is 26.3 Å². The molecule has 3 aromatic rings. The average Bonchev–Trinajstić information content (AvgIpc) is 3.10. The standard InChI is InChI=1S/C20H17F6N3/c1-2-29-7-5-11(6-8-29)15-9-12-3-4-13-14(19(21,22)23)10-16(20(24,25)26)28-18(13)17(12)27-15/h3-5,9-10,28H,2,6-8H2,1H3. The largest absolute Gasteiger partial charge is 0.431 e. The minimum atomic E-state index is -4.94. The fraction of sp³-hybridized carbons (Fsp3) is 0.350. The van der Waals surface area contributed by atoms with Crippen molar-refractivity contribution in [3.8, 4) is 0 Å². The van der Waals surface area contributed by atoms with Crippen LogP contribution >= 0.6 is 0 Å². The minimum absolute atomic E-state index is 0.105. The zero-order valence-electron chi connectivity index (χ0n) is 15.4. The molecule has 0 atom stereocenters. The van der Waals surface area contributed by atoms with Crippen LogP contribution < -0.4 is 0 Å². The Morgan fingerprint density at radius 2 is 1.83 bits per heavy atom. The first-order chi connectivity index (χ1) is 13.6. The summed E-state index contributed by atoms with van der Waals surface area (Å²) in [6.07, 6.45) is -7.14. The number of halogens is 6. The van der Waals surface area contributed by atoms with Crippen molar-refractivity contribution in [3.05, 3.63) is 47.3 Å². The number of rotatable bonds is 2. The summed E-state index contributed by atoms with van der Waals surface area (Å²) in [5.41, 5.74) is -1.41. The predicted octanol–water partition coefficient (Wildman–Crippen LogP) is 5.86. The maximum Gasteiger partial charge on any atom is 0.431 e. The van der Waals surface area contributed by atoms with Crippen molar-refractivity contribution in [1.29, 1.82) is 0 Å². The second kappa shape index (κ2) is 6.76. The van der Waals surface area contributed by atoms with Crippen molar-refractivity contribution in [2.45, 2.75) is 25.7 Å². The molecule has 0 saturated heterocycles. The number of likely N-dealkylation sites (N-methyl/N-ethyl adjacent to an activating group) is 1. The van der Waals surface area contributed by atoms with Gasteiger partial charge in [-0.15, -0.1) is 0 Å². The van der Waals surface area contributed by atoms with Crippen molar-refractivity contribution in [1.82, 2.24) is 14.9 Å². The van der Waals surface area contributed by atoms with E-state index in [1.165, 1.54) is 12.1 Å². The molecule has 0 aliphatic carbocycles. The van der Waals surface area contributed by atoms with Crippen LogP contribution in [0.25, 0.3) is 27.4 Å². The quantitative estimate of drug-likeness (QED) is 0.534. The van der Waals surface area contributed by atoms with Crippen LogP contribution in [0.1, 0.15) is 30.3 Å². The molecule has 0 unspecified atom stereocenters. The van der Waals surface area contributed by atoms with Crippen LogP contribution in [-0.2, 0) is 12.4 Å². The first-order valence-corrected chi connectivity index (χ1v) is 9.10. The number of nitrogens with zero attached hydrogens (tertiary/aromatic N) is 2. The van der Waals surface area contributed by atoms with E-state index in [4.69, 9.17) is 0 Å². The second-order valence-electron chi connectivity index (χ2n) is 7.03. The van der Waals surface area contributed by atoms with E-state index in [1.54, 1.807) is 6.07 Å². The number of alkyl halides is 6. The highest BCUT2D eigenvalue weighted by Crippen LogP contribution is 2.40. The Bertz CT molecular complexity index is 1110. The van der Waals surface area contributed by atoms with Crippen LogP contribution in [0.15, 0.2) is 30.3 Å². The molecular formula is C20H17F6N3. The Kier molecular flexibility index (Phi) is 4.60. The van der Waals surface area contributed by atoms with Crippen LogP contribution in [0.5, 0.6) is 0 Å². The van der Waals surface area contributed by atoms with Crippen LogP contribution in [0, 0.1) is 0 Å². The molecular weight excluding hydrogens is 396 g/mol. The molecule has 154 valence electrons. The molecule has 1 aliphatic rings. The first kappa shape index (κ1) is 19.8. The highest BCUT2D eigenvalue weighted by molar-refractivity contribution is 6.05. The molecule has 0 spiro atoms. The lowest BCUT2D eigenvalue weighted by Crippen LogP contribution is -2.28. The van der Waals surface area contributed by atoms with Crippen molar-refractivity contribution in [3.63, 3.8) is 0 Å². The van der Waals surface area contributed by atoms with Crippen molar-refractivity contribution in [2.75, 3.05) is 19.6 Å². The maximum atomic E-state index is 13.4. The summed E-state index contributed by atoms with van der Waals surface area (Å²) in [7, 11) is 0. The lowest BCUT2D eigenvalue weighted by Gasteiger charge is -2.24. The third-order valence-corrected chi connectivity index (χ3v) is 5.25. The molecule has 1 aliphatic heterocycles. The lowest BCUT2D eigenvalue weighted by molar-refractivity contribution is -0.144. The molecule has 0 bridgehead atoms. The molecule has 0 amide bonds. The summed E-state index contributed by atoms with van der Waals surface area (Å²) in [5.74, 6) is 0. The smallest absolute Gasteiger partial charge is 0.349 e. The fourth-order valence-electron chi connectivity index (χ4n) is 3.67. The van der Waals surface area contributed by atoms with Gasteiger partial charge >= 0.3 is 12.4 Å². The molecule has 3 nitrogen and oxygen atoms in total. The second-order valence-corrected chi connectivity index (χ2v) is 7.03. The van der Waals surface area contributed by atoms with Gasteiger partial charge in [-0.05, 0) is 30.7 Å². The van der Waals surface area contributed by atoms with Gasteiger partial charge in [0.25, 0.3) is 0 Å². The van der Waals surface area contributed by atoms with Crippen LogP contribution in [-0.4, -0.2) is 34.5 Å². The summed E-state index contributed by atoms with van der Waals surface area (Å²) < 4.78 is 80.0. The van der Waals surface area contributed by atoms with Gasteiger partial charge in [-0.25, -0.2) is 4.98 Å². The summed E-state index contributed by atoms with van der Waals surface area (Å²) in [6, 6.07) is 4.48. The van der Waals surface area contributed by atoms with E-state index >= 15 is 0 Å². The van der Waals surface area contributed by atoms with E-state index in [9.17, 15) is 26.3 Å². The van der Waals surface area contributed by atoms with Gasteiger partial charge in [0.05, 0.1) is 22.3 Å². The van der Waals surface area contributed by atoms with E-state index in [-0.39, 0.29) is 22.5 Å². The lowest BCUT2D eigenvalue weighted by atomic mass is 10.0. The SMILES string of the molecule is CCN1CC=C(c2cc3ccc4c(C(F)(F)F)cc(C(F)(F)F)[nH]c4c3n2)CC1. The normalized spacial score (nSPS) is 16.6. The monoisotopic (exact) mass is 413 g/mol. The summed E-state index contributed by atoms with van der Waals surface area (Å²) in [5, 5.41) is 0.160. The van der Waals surface area contributed by atoms with Gasteiger partial charge < -0.3 is 4.98 Å². The van der Waals surface area contributed by atoms with E-state index in [0.29, 0.717) is 11.1 Å². The number of hydrogen-bond donors (Lipinski definition) is 1. The van der Waals surface area contributed by atoms with Gasteiger partial charge in [-0.2, -0.15) is 26.3 Å². The van der Waals surface area contributed by atoms with E-state index in [0.717, 1.165) is 31.6 Å². The van der Waals surface area contributed by atoms with Crippen molar-refractivity contribution in [2.24, 2.45) is 0 Å². The van der Waals surface area contributed by atoms with E-state index in [2.05, 4.69) is 14.9 Å². The molecule has 0 fully saturated rings. The Hall–Kier alpha value is -2.55. The van der Waals surface area contributed by atoms with E-state index < -0.39 is 23.6 Å². The molecule has 1 N–H and O–H groups in total. The Labute approximate surface area is 162 Å². The van der Waals surface area contributed by atoms with Gasteiger partial charge in [0, 0.05) is 23.9 Å². The number of fused-ring (bicyclic) bond motifs is 3. The number of H-pyrrole nitrogens is 1.